The first kappa shape index (κ1) is 23.7. The molecule has 0 N–H and O–H groups in total. The lowest BCUT2D eigenvalue weighted by molar-refractivity contribution is 0.161. The van der Waals surface area contributed by atoms with Crippen LogP contribution in [0.3, 0.4) is 0 Å². The van der Waals surface area contributed by atoms with E-state index in [1.165, 1.54) is 38.5 Å². The van der Waals surface area contributed by atoms with Crippen LogP contribution in [0.1, 0.15) is 78.1 Å². The number of hydrogen-bond donors (Lipinski definition) is 0. The second-order valence-corrected chi connectivity index (χ2v) is 10.5. The van der Waals surface area contributed by atoms with Gasteiger partial charge in [-0.05, 0) is 37.8 Å². The van der Waals surface area contributed by atoms with Gasteiger partial charge in [0.25, 0.3) is 0 Å². The average Bonchev–Trinajstić information content (AvgIpc) is 2.56. The van der Waals surface area contributed by atoms with E-state index in [-0.39, 0.29) is 0 Å². The fourth-order valence-corrected chi connectivity index (χ4v) is 6.49. The van der Waals surface area contributed by atoms with Crippen molar-refractivity contribution < 1.29 is 8.85 Å². The van der Waals surface area contributed by atoms with Crippen LogP contribution in [0.25, 0.3) is 0 Å². The lowest BCUT2D eigenvalue weighted by Gasteiger charge is -2.31. The maximum absolute atomic E-state index is 6.43. The quantitative estimate of drug-likeness (QED) is 0.145. The zero-order chi connectivity index (χ0) is 17.2. The summed E-state index contributed by atoms with van der Waals surface area (Å²) in [6.07, 6.45) is 11.6. The Hall–Kier alpha value is 0.717. The molecular formula is C18H38Cl2O2Si. The Morgan fingerprint density at radius 2 is 1.04 bits per heavy atom. The van der Waals surface area contributed by atoms with E-state index in [9.17, 15) is 0 Å². The van der Waals surface area contributed by atoms with E-state index in [1.807, 2.05) is 0 Å². The van der Waals surface area contributed by atoms with Crippen LogP contribution in [-0.2, 0) is 8.85 Å². The van der Waals surface area contributed by atoms with Crippen LogP contribution in [0, 0.1) is 0 Å². The molecule has 0 radical (unpaired) electrons. The van der Waals surface area contributed by atoms with E-state index < -0.39 is 8.56 Å². The van der Waals surface area contributed by atoms with Crippen molar-refractivity contribution >= 4 is 31.8 Å². The molecule has 0 aliphatic heterocycles. The molecule has 0 unspecified atom stereocenters. The van der Waals surface area contributed by atoms with Gasteiger partial charge >= 0.3 is 8.56 Å². The summed E-state index contributed by atoms with van der Waals surface area (Å²) in [6, 6.07) is 2.25. The van der Waals surface area contributed by atoms with Gasteiger partial charge in [-0.3, -0.25) is 0 Å². The number of rotatable bonds is 18. The van der Waals surface area contributed by atoms with Crippen molar-refractivity contribution in [2.24, 2.45) is 0 Å². The van der Waals surface area contributed by atoms with Gasteiger partial charge in [0.1, 0.15) is 0 Å². The summed E-state index contributed by atoms with van der Waals surface area (Å²) < 4.78 is 12.9. The summed E-state index contributed by atoms with van der Waals surface area (Å²) in [5, 5.41) is 0. The molecule has 0 saturated heterocycles. The van der Waals surface area contributed by atoms with Gasteiger partial charge in [0.05, 0.1) is 0 Å². The highest BCUT2D eigenvalue weighted by atomic mass is 35.5. The van der Waals surface area contributed by atoms with E-state index in [1.54, 1.807) is 0 Å². The zero-order valence-corrected chi connectivity index (χ0v) is 17.9. The molecule has 140 valence electrons. The zero-order valence-electron chi connectivity index (χ0n) is 15.4. The summed E-state index contributed by atoms with van der Waals surface area (Å²) in [6.45, 7) is 6.15. The molecule has 0 bridgehead atoms. The summed E-state index contributed by atoms with van der Waals surface area (Å²) in [7, 11) is -2.06. The van der Waals surface area contributed by atoms with Gasteiger partial charge in [-0.2, -0.15) is 0 Å². The van der Waals surface area contributed by atoms with E-state index in [4.69, 9.17) is 32.1 Å². The maximum atomic E-state index is 6.43. The molecule has 0 aliphatic rings. The Kier molecular flexibility index (Phi) is 18.1. The molecule has 0 aromatic rings. The molecule has 0 saturated carbocycles. The largest absolute Gasteiger partial charge is 0.394 e. The Morgan fingerprint density at radius 1 is 0.609 bits per heavy atom. The second kappa shape index (κ2) is 17.5. The molecule has 0 amide bonds. The van der Waals surface area contributed by atoms with Crippen LogP contribution in [0.15, 0.2) is 0 Å². The third kappa shape index (κ3) is 13.7. The minimum Gasteiger partial charge on any atom is -0.394 e. The predicted molar refractivity (Wildman–Crippen MR) is 106 cm³/mol. The first-order valence-corrected chi connectivity index (χ1v) is 12.9. The lowest BCUT2D eigenvalue weighted by Crippen LogP contribution is -2.42. The first-order chi connectivity index (χ1) is 11.2. The van der Waals surface area contributed by atoms with Gasteiger partial charge in [0.2, 0.25) is 0 Å². The highest BCUT2D eigenvalue weighted by Crippen LogP contribution is 2.26. The van der Waals surface area contributed by atoms with Gasteiger partial charge in [-0.25, -0.2) is 0 Å². The number of alkyl halides is 2. The smallest absolute Gasteiger partial charge is 0.338 e. The average molecular weight is 385 g/mol. The van der Waals surface area contributed by atoms with Crippen molar-refractivity contribution in [3.05, 3.63) is 0 Å². The highest BCUT2D eigenvalue weighted by molar-refractivity contribution is 6.67. The van der Waals surface area contributed by atoms with Crippen molar-refractivity contribution in [1.82, 2.24) is 0 Å². The Morgan fingerprint density at radius 3 is 1.39 bits per heavy atom. The molecule has 0 aliphatic carbocycles. The number of unbranched alkanes of at least 4 members (excludes halogenated alkanes) is 6. The molecule has 0 aromatic carbocycles. The van der Waals surface area contributed by atoms with Crippen LogP contribution >= 0.6 is 23.2 Å². The van der Waals surface area contributed by atoms with E-state index >= 15 is 0 Å². The van der Waals surface area contributed by atoms with E-state index in [2.05, 4.69) is 13.8 Å². The van der Waals surface area contributed by atoms with Gasteiger partial charge in [0, 0.05) is 25.0 Å². The summed E-state index contributed by atoms with van der Waals surface area (Å²) in [4.78, 5) is 0. The van der Waals surface area contributed by atoms with Crippen LogP contribution in [0.4, 0.5) is 0 Å². The normalized spacial score (nSPS) is 12.0. The fraction of sp³-hybridized carbons (Fsp3) is 1.00. The topological polar surface area (TPSA) is 18.5 Å². The molecular weight excluding hydrogens is 347 g/mol. The predicted octanol–water partition coefficient (Wildman–Crippen LogP) is 6.88. The van der Waals surface area contributed by atoms with Gasteiger partial charge in [-0.1, -0.05) is 52.4 Å². The maximum Gasteiger partial charge on any atom is 0.338 e. The fourth-order valence-electron chi connectivity index (χ4n) is 2.59. The monoisotopic (exact) mass is 384 g/mol. The minimum atomic E-state index is -2.06. The standard InChI is InChI=1S/C18H38Cl2O2Si/c1-3-5-15-21-23(22-16-6-4-2,17-11-7-9-13-19)18-12-8-10-14-20/h3-18H2,1-2H3. The molecule has 0 heterocycles. The second-order valence-electron chi connectivity index (χ2n) is 6.31. The molecule has 0 rings (SSSR count). The van der Waals surface area contributed by atoms with Crippen LogP contribution in [0.2, 0.25) is 12.1 Å². The molecule has 0 atom stereocenters. The van der Waals surface area contributed by atoms with E-state index in [0.717, 1.165) is 62.7 Å². The third-order valence-corrected chi connectivity index (χ3v) is 8.33. The molecule has 23 heavy (non-hydrogen) atoms. The van der Waals surface area contributed by atoms with Gasteiger partial charge in [-0.15, -0.1) is 23.2 Å². The molecule has 2 nitrogen and oxygen atoms in total. The van der Waals surface area contributed by atoms with Crippen molar-refractivity contribution in [2.45, 2.75) is 90.1 Å². The highest BCUT2D eigenvalue weighted by Gasteiger charge is 2.36. The lowest BCUT2D eigenvalue weighted by atomic mass is 10.3. The van der Waals surface area contributed by atoms with E-state index in [0.29, 0.717) is 0 Å². The van der Waals surface area contributed by atoms with Crippen molar-refractivity contribution in [3.63, 3.8) is 0 Å². The Labute approximate surface area is 155 Å². The SMILES string of the molecule is CCCCO[Si](CCCCCCl)(CCCCCCl)OCCCC. The molecule has 5 heteroatoms. The Balaban J connectivity index is 4.55. The molecule has 0 spiro atoms. The number of hydrogen-bond acceptors (Lipinski definition) is 2. The van der Waals surface area contributed by atoms with Crippen molar-refractivity contribution in [2.75, 3.05) is 25.0 Å². The summed E-state index contributed by atoms with van der Waals surface area (Å²) in [5.74, 6) is 1.52. The number of halogens is 2. The Bertz CT molecular complexity index is 219. The van der Waals surface area contributed by atoms with Crippen molar-refractivity contribution in [3.8, 4) is 0 Å². The third-order valence-electron chi connectivity index (χ3n) is 4.11. The van der Waals surface area contributed by atoms with Gasteiger partial charge in [0.15, 0.2) is 0 Å². The minimum absolute atomic E-state index is 0.762. The first-order valence-electron chi connectivity index (χ1n) is 9.64. The summed E-state index contributed by atoms with van der Waals surface area (Å²) in [5.41, 5.74) is 0. The van der Waals surface area contributed by atoms with Crippen molar-refractivity contribution in [1.29, 1.82) is 0 Å². The molecule has 0 aromatic heterocycles. The van der Waals surface area contributed by atoms with Crippen LogP contribution in [0.5, 0.6) is 0 Å². The van der Waals surface area contributed by atoms with Crippen LogP contribution in [-0.4, -0.2) is 33.5 Å². The summed E-state index contributed by atoms with van der Waals surface area (Å²) >= 11 is 11.6. The van der Waals surface area contributed by atoms with Crippen LogP contribution < -0.4 is 0 Å². The molecule has 0 fully saturated rings. The van der Waals surface area contributed by atoms with Gasteiger partial charge < -0.3 is 8.85 Å².